The van der Waals surface area contributed by atoms with Crippen molar-refractivity contribution in [2.24, 2.45) is 10.8 Å². The second-order valence-corrected chi connectivity index (χ2v) is 10.5. The lowest BCUT2D eigenvalue weighted by Crippen LogP contribution is -2.41. The minimum atomic E-state index is -1.53. The Hall–Kier alpha value is -1.78. The van der Waals surface area contributed by atoms with Crippen molar-refractivity contribution in [2.75, 3.05) is 0 Å². The van der Waals surface area contributed by atoms with Gasteiger partial charge < -0.3 is 5.73 Å². The molecule has 20 heavy (non-hydrogen) atoms. The van der Waals surface area contributed by atoms with Crippen LogP contribution in [0.2, 0.25) is 19.1 Å². The first kappa shape index (κ1) is 16.3. The van der Waals surface area contributed by atoms with E-state index >= 15 is 0 Å². The van der Waals surface area contributed by atoms with Gasteiger partial charge in [0.1, 0.15) is 0 Å². The summed E-state index contributed by atoms with van der Waals surface area (Å²) in [6, 6.07) is 11.4. The number of nitrogens with two attached hydrogens (primary N) is 1. The summed E-state index contributed by atoms with van der Waals surface area (Å²) in [5, 5.41) is 5.19. The van der Waals surface area contributed by atoms with Crippen LogP contribution in [0.3, 0.4) is 0 Å². The number of azide groups is 1. The Kier molecular flexibility index (Phi) is 6.28. The lowest BCUT2D eigenvalue weighted by Gasteiger charge is -2.24. The number of carbonyl (C=O) groups excluding carboxylic acids is 1. The molecule has 0 aromatic heterocycles. The standard InChI is InChI=1S/C14H22N4OSi/c1-20(2,13-6-4-3-5-7-13)11-10-12(17-18-16)8-9-14(15)19/h3-7,12H,8-11H2,1-2H3,(H2,15,19). The summed E-state index contributed by atoms with van der Waals surface area (Å²) in [7, 11) is -1.53. The molecule has 0 fully saturated rings. The van der Waals surface area contributed by atoms with Crippen molar-refractivity contribution in [3.05, 3.63) is 40.8 Å². The first-order chi connectivity index (χ1) is 9.45. The van der Waals surface area contributed by atoms with Crippen LogP contribution in [0.4, 0.5) is 0 Å². The molecular formula is C14H22N4OSi. The van der Waals surface area contributed by atoms with Crippen molar-refractivity contribution in [3.63, 3.8) is 0 Å². The molecule has 2 N–H and O–H groups in total. The van der Waals surface area contributed by atoms with Gasteiger partial charge >= 0.3 is 0 Å². The lowest BCUT2D eigenvalue weighted by atomic mass is 10.1. The topological polar surface area (TPSA) is 91.9 Å². The van der Waals surface area contributed by atoms with Crippen LogP contribution in [0, 0.1) is 0 Å². The highest BCUT2D eigenvalue weighted by Gasteiger charge is 2.24. The van der Waals surface area contributed by atoms with Crippen LogP contribution in [-0.4, -0.2) is 20.0 Å². The molecule has 1 unspecified atom stereocenters. The third kappa shape index (κ3) is 5.46. The van der Waals surface area contributed by atoms with Gasteiger partial charge in [-0.2, -0.15) is 0 Å². The first-order valence-electron chi connectivity index (χ1n) is 6.84. The number of primary amides is 1. The Labute approximate surface area is 120 Å². The van der Waals surface area contributed by atoms with E-state index in [2.05, 4.69) is 47.4 Å². The Balaban J connectivity index is 2.62. The SMILES string of the molecule is C[Si](C)(CCC(CCC(N)=O)N=[N+]=[N-])c1ccccc1. The molecular weight excluding hydrogens is 268 g/mol. The van der Waals surface area contributed by atoms with E-state index in [0.29, 0.717) is 6.42 Å². The molecule has 0 saturated heterocycles. The fourth-order valence-corrected chi connectivity index (χ4v) is 4.64. The Morgan fingerprint density at radius 1 is 1.35 bits per heavy atom. The molecule has 1 aromatic carbocycles. The fourth-order valence-electron chi connectivity index (χ4n) is 2.20. The second-order valence-electron chi connectivity index (χ2n) is 5.65. The van der Waals surface area contributed by atoms with Gasteiger partial charge in [-0.1, -0.05) is 59.8 Å². The summed E-state index contributed by atoms with van der Waals surface area (Å²) in [6.07, 6.45) is 1.63. The number of amides is 1. The highest BCUT2D eigenvalue weighted by Crippen LogP contribution is 2.18. The third-order valence-electron chi connectivity index (χ3n) is 3.60. The van der Waals surface area contributed by atoms with E-state index in [1.165, 1.54) is 5.19 Å². The third-order valence-corrected chi connectivity index (χ3v) is 7.03. The van der Waals surface area contributed by atoms with E-state index in [-0.39, 0.29) is 18.4 Å². The summed E-state index contributed by atoms with van der Waals surface area (Å²) < 4.78 is 0. The smallest absolute Gasteiger partial charge is 0.217 e. The van der Waals surface area contributed by atoms with Crippen LogP contribution in [0.5, 0.6) is 0 Å². The highest BCUT2D eigenvalue weighted by atomic mass is 28.3. The van der Waals surface area contributed by atoms with Crippen LogP contribution >= 0.6 is 0 Å². The number of carbonyl (C=O) groups is 1. The highest BCUT2D eigenvalue weighted by molar-refractivity contribution is 6.89. The maximum Gasteiger partial charge on any atom is 0.217 e. The zero-order chi connectivity index (χ0) is 15.0. The molecule has 0 aliphatic heterocycles. The van der Waals surface area contributed by atoms with E-state index in [0.717, 1.165) is 12.5 Å². The molecule has 0 spiro atoms. The zero-order valence-electron chi connectivity index (χ0n) is 12.1. The normalized spacial score (nSPS) is 12.5. The predicted molar refractivity (Wildman–Crippen MR) is 84.3 cm³/mol. The van der Waals surface area contributed by atoms with Crippen molar-refractivity contribution in [1.29, 1.82) is 0 Å². The number of hydrogen-bond acceptors (Lipinski definition) is 2. The van der Waals surface area contributed by atoms with Gasteiger partial charge in [0.05, 0.1) is 8.07 Å². The summed E-state index contributed by atoms with van der Waals surface area (Å²) >= 11 is 0. The lowest BCUT2D eigenvalue weighted by molar-refractivity contribution is -0.118. The van der Waals surface area contributed by atoms with Crippen molar-refractivity contribution in [1.82, 2.24) is 0 Å². The Morgan fingerprint density at radius 3 is 2.55 bits per heavy atom. The molecule has 0 aliphatic rings. The van der Waals surface area contributed by atoms with Gasteiger partial charge in [0.25, 0.3) is 0 Å². The van der Waals surface area contributed by atoms with E-state index in [1.807, 2.05) is 6.07 Å². The van der Waals surface area contributed by atoms with E-state index in [4.69, 9.17) is 11.3 Å². The second kappa shape index (κ2) is 7.72. The van der Waals surface area contributed by atoms with Crippen molar-refractivity contribution >= 4 is 19.2 Å². The van der Waals surface area contributed by atoms with Crippen molar-refractivity contribution < 1.29 is 4.79 Å². The predicted octanol–water partition coefficient (Wildman–Crippen LogP) is 2.94. The minimum absolute atomic E-state index is 0.136. The van der Waals surface area contributed by atoms with E-state index in [9.17, 15) is 4.79 Å². The molecule has 1 rings (SSSR count). The van der Waals surface area contributed by atoms with E-state index < -0.39 is 8.07 Å². The fraction of sp³-hybridized carbons (Fsp3) is 0.500. The average molecular weight is 290 g/mol. The van der Waals surface area contributed by atoms with E-state index in [1.54, 1.807) is 0 Å². The molecule has 0 radical (unpaired) electrons. The Morgan fingerprint density at radius 2 is 2.00 bits per heavy atom. The quantitative estimate of drug-likeness (QED) is 0.339. The molecule has 108 valence electrons. The van der Waals surface area contributed by atoms with Gasteiger partial charge in [0.2, 0.25) is 5.91 Å². The van der Waals surface area contributed by atoms with Crippen LogP contribution in [0.15, 0.2) is 35.4 Å². The summed E-state index contributed by atoms with van der Waals surface area (Å²) in [6.45, 7) is 4.62. The molecule has 1 atom stereocenters. The van der Waals surface area contributed by atoms with Gasteiger partial charge in [-0.3, -0.25) is 4.79 Å². The molecule has 1 aromatic rings. The van der Waals surface area contributed by atoms with Gasteiger partial charge in [-0.15, -0.1) is 0 Å². The average Bonchev–Trinajstić information content (AvgIpc) is 2.43. The van der Waals surface area contributed by atoms with Gasteiger partial charge in [-0.05, 0) is 18.4 Å². The monoisotopic (exact) mass is 290 g/mol. The number of nitrogens with zero attached hydrogens (tertiary/aromatic N) is 3. The number of hydrogen-bond donors (Lipinski definition) is 1. The van der Waals surface area contributed by atoms with Gasteiger partial charge in [0.15, 0.2) is 0 Å². The summed E-state index contributed by atoms with van der Waals surface area (Å²) in [5.74, 6) is -0.345. The van der Waals surface area contributed by atoms with Crippen LogP contribution < -0.4 is 10.9 Å². The molecule has 5 nitrogen and oxygen atoms in total. The van der Waals surface area contributed by atoms with Crippen LogP contribution in [-0.2, 0) is 4.79 Å². The van der Waals surface area contributed by atoms with Crippen molar-refractivity contribution in [2.45, 2.75) is 44.4 Å². The van der Waals surface area contributed by atoms with Gasteiger partial charge in [0, 0.05) is 17.4 Å². The molecule has 0 aliphatic carbocycles. The summed E-state index contributed by atoms with van der Waals surface area (Å²) in [5.41, 5.74) is 13.7. The van der Waals surface area contributed by atoms with Gasteiger partial charge in [-0.25, -0.2) is 0 Å². The minimum Gasteiger partial charge on any atom is -0.370 e. The molecule has 0 bridgehead atoms. The largest absolute Gasteiger partial charge is 0.370 e. The molecule has 0 saturated carbocycles. The molecule has 0 heterocycles. The molecule has 6 heteroatoms. The number of benzene rings is 1. The zero-order valence-corrected chi connectivity index (χ0v) is 13.1. The van der Waals surface area contributed by atoms with Crippen molar-refractivity contribution in [3.8, 4) is 0 Å². The number of rotatable bonds is 8. The van der Waals surface area contributed by atoms with Crippen LogP contribution in [0.25, 0.3) is 10.4 Å². The maximum atomic E-state index is 10.8. The molecule has 1 amide bonds. The maximum absolute atomic E-state index is 10.8. The Bertz CT molecular complexity index is 483. The summed E-state index contributed by atoms with van der Waals surface area (Å²) in [4.78, 5) is 13.7. The first-order valence-corrected chi connectivity index (χ1v) is 10.0. The van der Waals surface area contributed by atoms with Crippen LogP contribution in [0.1, 0.15) is 19.3 Å².